The van der Waals surface area contributed by atoms with Crippen LogP contribution in [0.25, 0.3) is 6.08 Å². The van der Waals surface area contributed by atoms with Crippen molar-refractivity contribution >= 4 is 34.8 Å². The van der Waals surface area contributed by atoms with E-state index in [9.17, 15) is 24.5 Å². The van der Waals surface area contributed by atoms with Crippen LogP contribution in [0.1, 0.15) is 53.7 Å². The summed E-state index contributed by atoms with van der Waals surface area (Å²) in [5, 5.41) is 11.9. The predicted molar refractivity (Wildman–Crippen MR) is 154 cm³/mol. The summed E-state index contributed by atoms with van der Waals surface area (Å²) >= 11 is 0. The van der Waals surface area contributed by atoms with Gasteiger partial charge in [0.05, 0.1) is 11.0 Å². The van der Waals surface area contributed by atoms with Gasteiger partial charge in [0.15, 0.2) is 17.3 Å². The third-order valence-corrected chi connectivity index (χ3v) is 8.76. The Hall–Kier alpha value is -5.17. The van der Waals surface area contributed by atoms with Crippen LogP contribution >= 0.6 is 0 Å². The van der Waals surface area contributed by atoms with Gasteiger partial charge in [-0.2, -0.15) is 0 Å². The highest BCUT2D eigenvalue weighted by Crippen LogP contribution is 2.61. The number of rotatable bonds is 4. The molecule has 0 amide bonds. The number of non-ortho nitro benzene ring substituents is 1. The molecule has 41 heavy (non-hydrogen) atoms. The van der Waals surface area contributed by atoms with Crippen LogP contribution in [0.5, 0.6) is 0 Å². The molecule has 0 saturated carbocycles. The molecular formula is C34H24N2O5. The lowest BCUT2D eigenvalue weighted by molar-refractivity contribution is -0.384. The fourth-order valence-corrected chi connectivity index (χ4v) is 7.01. The van der Waals surface area contributed by atoms with Crippen LogP contribution < -0.4 is 4.90 Å². The summed E-state index contributed by atoms with van der Waals surface area (Å²) in [7, 11) is 0. The number of hydrogen-bond donors (Lipinski definition) is 0. The predicted octanol–water partition coefficient (Wildman–Crippen LogP) is 6.22. The van der Waals surface area contributed by atoms with Crippen LogP contribution in [0.4, 0.5) is 11.4 Å². The standard InChI is InChI=1S/C34H24N2O5/c1-20-13-15-22(16-14-20)31(37)30-29(23-8-6-9-24(19-23)36(40)41)34(32(38)25-10-3-4-11-26(25)33(34)39)28-18-17-21-7-2-5-12-27(21)35(28)30/h2-19,28-30H,1H3/t28?,29-,30+/m1/s1. The zero-order valence-corrected chi connectivity index (χ0v) is 22.1. The molecule has 2 aliphatic heterocycles. The highest BCUT2D eigenvalue weighted by atomic mass is 16.6. The maximum atomic E-state index is 14.6. The minimum atomic E-state index is -1.70. The number of fused-ring (bicyclic) bond motifs is 5. The fraction of sp³-hybridized carbons (Fsp3) is 0.147. The van der Waals surface area contributed by atoms with Crippen molar-refractivity contribution in [2.24, 2.45) is 5.41 Å². The summed E-state index contributed by atoms with van der Waals surface area (Å²) in [6.45, 7) is 1.93. The first-order valence-electron chi connectivity index (χ1n) is 13.4. The number of nitro groups is 1. The molecular weight excluding hydrogens is 516 g/mol. The van der Waals surface area contributed by atoms with Gasteiger partial charge in [-0.25, -0.2) is 0 Å². The number of para-hydroxylation sites is 1. The molecule has 2 heterocycles. The molecule has 7 nitrogen and oxygen atoms in total. The van der Waals surface area contributed by atoms with Gasteiger partial charge in [0.1, 0.15) is 11.5 Å². The van der Waals surface area contributed by atoms with Gasteiger partial charge in [0.25, 0.3) is 5.69 Å². The third-order valence-electron chi connectivity index (χ3n) is 8.76. The Balaban J connectivity index is 1.56. The lowest BCUT2D eigenvalue weighted by Gasteiger charge is -2.37. The van der Waals surface area contributed by atoms with Crippen LogP contribution in [-0.2, 0) is 0 Å². The largest absolute Gasteiger partial charge is 0.352 e. The van der Waals surface area contributed by atoms with Gasteiger partial charge in [-0.3, -0.25) is 24.5 Å². The van der Waals surface area contributed by atoms with Crippen molar-refractivity contribution in [3.63, 3.8) is 0 Å². The molecule has 1 aliphatic carbocycles. The fourth-order valence-electron chi connectivity index (χ4n) is 7.01. The SMILES string of the molecule is Cc1ccc(C(=O)[C@@H]2[C@@H](c3cccc([N+](=O)[O-])c3)C3(C(=O)c4ccccc4C3=O)C3C=Cc4ccccc4N32)cc1. The minimum Gasteiger partial charge on any atom is -0.352 e. The molecule has 0 N–H and O–H groups in total. The van der Waals surface area contributed by atoms with E-state index >= 15 is 0 Å². The molecule has 1 saturated heterocycles. The summed E-state index contributed by atoms with van der Waals surface area (Å²) in [5.41, 5.74) is 2.16. The maximum absolute atomic E-state index is 14.6. The third kappa shape index (κ3) is 3.35. The van der Waals surface area contributed by atoms with Crippen molar-refractivity contribution in [2.45, 2.75) is 24.9 Å². The van der Waals surface area contributed by atoms with Gasteiger partial charge in [-0.1, -0.05) is 96.6 Å². The van der Waals surface area contributed by atoms with Crippen LogP contribution in [0.3, 0.4) is 0 Å². The average molecular weight is 541 g/mol. The molecule has 1 unspecified atom stereocenters. The number of carbonyl (C=O) groups excluding carboxylic acids is 3. The highest BCUT2D eigenvalue weighted by Gasteiger charge is 2.71. The Labute approximate surface area is 235 Å². The summed E-state index contributed by atoms with van der Waals surface area (Å²) in [6, 6.07) is 25.8. The summed E-state index contributed by atoms with van der Waals surface area (Å²) in [6.07, 6.45) is 3.74. The number of nitro benzene ring substituents is 1. The number of carbonyl (C=O) groups is 3. The van der Waals surface area contributed by atoms with Crippen LogP contribution in [0, 0.1) is 22.5 Å². The monoisotopic (exact) mass is 540 g/mol. The normalized spacial score (nSPS) is 21.5. The summed E-state index contributed by atoms with van der Waals surface area (Å²) in [5.74, 6) is -1.99. The number of Topliss-reactive ketones (excluding diaryl/α,β-unsaturated/α-hetero) is 3. The van der Waals surface area contributed by atoms with Gasteiger partial charge in [-0.05, 0) is 24.1 Å². The molecule has 4 aromatic carbocycles. The van der Waals surface area contributed by atoms with E-state index in [4.69, 9.17) is 0 Å². The molecule has 7 rings (SSSR count). The molecule has 200 valence electrons. The van der Waals surface area contributed by atoms with Crippen LogP contribution in [0.2, 0.25) is 0 Å². The molecule has 0 bridgehead atoms. The van der Waals surface area contributed by atoms with Crippen LogP contribution in [0.15, 0.2) is 103 Å². The zero-order valence-electron chi connectivity index (χ0n) is 22.1. The zero-order chi connectivity index (χ0) is 28.5. The number of hydrogen-bond acceptors (Lipinski definition) is 6. The first kappa shape index (κ1) is 24.8. The molecule has 0 aromatic heterocycles. The quantitative estimate of drug-likeness (QED) is 0.132. The van der Waals surface area contributed by atoms with Crippen LogP contribution in [-0.4, -0.2) is 34.4 Å². The van der Waals surface area contributed by atoms with Crippen molar-refractivity contribution in [3.8, 4) is 0 Å². The lowest BCUT2D eigenvalue weighted by Crippen LogP contribution is -2.48. The van der Waals surface area contributed by atoms with E-state index in [-0.39, 0.29) is 23.0 Å². The smallest absolute Gasteiger partial charge is 0.269 e. The van der Waals surface area contributed by atoms with E-state index < -0.39 is 28.3 Å². The number of nitrogens with zero attached hydrogens (tertiary/aromatic N) is 2. The first-order chi connectivity index (χ1) is 19.8. The molecule has 3 aliphatic rings. The second-order valence-electron chi connectivity index (χ2n) is 10.8. The van der Waals surface area contributed by atoms with Gasteiger partial charge in [0, 0.05) is 40.4 Å². The minimum absolute atomic E-state index is 0.171. The van der Waals surface area contributed by atoms with E-state index in [2.05, 4.69) is 0 Å². The molecule has 1 spiro atoms. The lowest BCUT2D eigenvalue weighted by atomic mass is 9.64. The number of ketones is 3. The van der Waals surface area contributed by atoms with E-state index in [0.717, 1.165) is 16.8 Å². The average Bonchev–Trinajstić information content (AvgIpc) is 3.43. The van der Waals surface area contributed by atoms with Crippen molar-refractivity contribution in [2.75, 3.05) is 4.90 Å². The van der Waals surface area contributed by atoms with E-state index in [1.807, 2.05) is 60.4 Å². The summed E-state index contributed by atoms with van der Waals surface area (Å²) < 4.78 is 0. The second kappa shape index (κ2) is 8.93. The Bertz CT molecular complexity index is 1790. The number of aryl methyl sites for hydroxylation is 1. The molecule has 4 aromatic rings. The maximum Gasteiger partial charge on any atom is 0.269 e. The Morgan fingerprint density at radius 2 is 1.51 bits per heavy atom. The Morgan fingerprint density at radius 3 is 2.20 bits per heavy atom. The molecule has 3 atom stereocenters. The van der Waals surface area contributed by atoms with Crippen molar-refractivity contribution in [1.29, 1.82) is 0 Å². The van der Waals surface area contributed by atoms with Gasteiger partial charge < -0.3 is 4.90 Å². The molecule has 7 heteroatoms. The summed E-state index contributed by atoms with van der Waals surface area (Å²) in [4.78, 5) is 57.1. The molecule has 0 radical (unpaired) electrons. The topological polar surface area (TPSA) is 97.6 Å². The van der Waals surface area contributed by atoms with Crippen molar-refractivity contribution < 1.29 is 19.3 Å². The van der Waals surface area contributed by atoms with Gasteiger partial charge in [0.2, 0.25) is 0 Å². The number of benzene rings is 4. The van der Waals surface area contributed by atoms with Gasteiger partial charge >= 0.3 is 0 Å². The van der Waals surface area contributed by atoms with E-state index in [1.165, 1.54) is 12.1 Å². The highest BCUT2D eigenvalue weighted by molar-refractivity contribution is 6.32. The van der Waals surface area contributed by atoms with Crippen molar-refractivity contribution in [3.05, 3.63) is 147 Å². The second-order valence-corrected chi connectivity index (χ2v) is 10.8. The Morgan fingerprint density at radius 1 is 0.854 bits per heavy atom. The molecule has 1 fully saturated rings. The first-order valence-corrected chi connectivity index (χ1v) is 13.4. The van der Waals surface area contributed by atoms with Crippen molar-refractivity contribution in [1.82, 2.24) is 0 Å². The Kier molecular flexibility index (Phi) is 5.41. The number of anilines is 1. The van der Waals surface area contributed by atoms with Gasteiger partial charge in [-0.15, -0.1) is 0 Å². The van der Waals surface area contributed by atoms with E-state index in [1.54, 1.807) is 48.5 Å². The van der Waals surface area contributed by atoms with E-state index in [0.29, 0.717) is 22.3 Å².